The van der Waals surface area contributed by atoms with Crippen molar-refractivity contribution in [2.24, 2.45) is 0 Å². The van der Waals surface area contributed by atoms with Crippen LogP contribution in [0, 0.1) is 0 Å². The molecule has 0 atom stereocenters. The lowest BCUT2D eigenvalue weighted by atomic mass is 10.2. The smallest absolute Gasteiger partial charge is 0.308 e. The monoisotopic (exact) mass is 368 g/mol. The number of hydrogen-bond acceptors (Lipinski definition) is 5. The molecule has 1 amide bonds. The second-order valence-corrected chi connectivity index (χ2v) is 6.73. The summed E-state index contributed by atoms with van der Waals surface area (Å²) in [6.07, 6.45) is 0. The predicted molar refractivity (Wildman–Crippen MR) is 102 cm³/mol. The number of methoxy groups -OCH3 is 1. The predicted octanol–water partition coefficient (Wildman–Crippen LogP) is 4.09. The zero-order chi connectivity index (χ0) is 18.3. The fraction of sp³-hybridized carbons (Fsp3) is 0.158. The number of anilines is 1. The van der Waals surface area contributed by atoms with Crippen LogP contribution in [0.4, 0.5) is 5.69 Å². The van der Waals surface area contributed by atoms with Crippen LogP contribution in [-0.4, -0.2) is 17.6 Å². The number of fused-ring (bicyclic) bond motifs is 2. The van der Waals surface area contributed by atoms with Gasteiger partial charge in [-0.3, -0.25) is 14.2 Å². The molecule has 0 radical (unpaired) electrons. The maximum Gasteiger partial charge on any atom is 0.308 e. The topological polar surface area (TPSA) is 73.5 Å². The summed E-state index contributed by atoms with van der Waals surface area (Å²) in [5, 5.41) is 3.61. The van der Waals surface area contributed by atoms with Crippen molar-refractivity contribution in [3.8, 4) is 5.75 Å². The van der Waals surface area contributed by atoms with Crippen LogP contribution >= 0.6 is 11.3 Å². The molecule has 2 aromatic carbocycles. The molecule has 6 nitrogen and oxygen atoms in total. The van der Waals surface area contributed by atoms with Crippen LogP contribution in [-0.2, 0) is 6.54 Å². The number of carbonyl (C=O) groups is 1. The third-order valence-electron chi connectivity index (χ3n) is 4.19. The Morgan fingerprint density at radius 2 is 2.12 bits per heavy atom. The maximum atomic E-state index is 12.5. The highest BCUT2D eigenvalue weighted by atomic mass is 32.1. The lowest BCUT2D eigenvalue weighted by Crippen LogP contribution is -2.11. The van der Waals surface area contributed by atoms with Gasteiger partial charge in [-0.25, -0.2) is 0 Å². The summed E-state index contributed by atoms with van der Waals surface area (Å²) >= 11 is 1.17. The van der Waals surface area contributed by atoms with Gasteiger partial charge in [-0.05, 0) is 37.3 Å². The summed E-state index contributed by atoms with van der Waals surface area (Å²) < 4.78 is 13.5. The molecule has 0 aliphatic heterocycles. The molecule has 0 aliphatic carbocycles. The second-order valence-electron chi connectivity index (χ2n) is 5.74. The molecule has 0 bridgehead atoms. The Hall–Kier alpha value is -3.06. The average molecular weight is 368 g/mol. The van der Waals surface area contributed by atoms with Crippen molar-refractivity contribution in [1.82, 2.24) is 4.57 Å². The Bertz CT molecular complexity index is 1190. The average Bonchev–Trinajstić information content (AvgIpc) is 3.21. The van der Waals surface area contributed by atoms with E-state index >= 15 is 0 Å². The van der Waals surface area contributed by atoms with Gasteiger partial charge in [0.2, 0.25) is 0 Å². The van der Waals surface area contributed by atoms with Crippen molar-refractivity contribution in [2.45, 2.75) is 13.5 Å². The number of rotatable bonds is 4. The Balaban J connectivity index is 1.66. The van der Waals surface area contributed by atoms with Gasteiger partial charge in [0.15, 0.2) is 17.1 Å². The highest BCUT2D eigenvalue weighted by Gasteiger charge is 2.15. The molecule has 0 saturated carbocycles. The van der Waals surface area contributed by atoms with Gasteiger partial charge in [0.1, 0.15) is 0 Å². The number of carbonyl (C=O) groups excluding carboxylic acids is 1. The molecule has 0 unspecified atom stereocenters. The third kappa shape index (κ3) is 2.66. The number of nitrogens with one attached hydrogen (secondary N) is 1. The van der Waals surface area contributed by atoms with E-state index in [0.29, 0.717) is 23.6 Å². The minimum absolute atomic E-state index is 0.00430. The number of aromatic nitrogens is 1. The number of hydrogen-bond donors (Lipinski definition) is 1. The molecule has 132 valence electrons. The Morgan fingerprint density at radius 3 is 2.88 bits per heavy atom. The molecule has 26 heavy (non-hydrogen) atoms. The van der Waals surface area contributed by atoms with Crippen molar-refractivity contribution < 1.29 is 13.9 Å². The number of nitrogens with zero attached hydrogens (tertiary/aromatic N) is 1. The lowest BCUT2D eigenvalue weighted by Gasteiger charge is -2.04. The Kier molecular flexibility index (Phi) is 4.00. The molecule has 0 aliphatic rings. The maximum absolute atomic E-state index is 12.5. The first-order chi connectivity index (χ1) is 12.6. The van der Waals surface area contributed by atoms with E-state index in [2.05, 4.69) is 5.32 Å². The normalized spacial score (nSPS) is 11.2. The summed E-state index contributed by atoms with van der Waals surface area (Å²) in [6.45, 7) is 2.55. The highest BCUT2D eigenvalue weighted by Crippen LogP contribution is 2.29. The molecule has 4 rings (SSSR count). The largest absolute Gasteiger partial charge is 0.493 e. The van der Waals surface area contributed by atoms with Crippen LogP contribution in [0.2, 0.25) is 0 Å². The van der Waals surface area contributed by atoms with E-state index in [1.54, 1.807) is 35.9 Å². The fourth-order valence-electron chi connectivity index (χ4n) is 2.95. The molecule has 0 saturated heterocycles. The molecular weight excluding hydrogens is 352 g/mol. The second kappa shape index (κ2) is 6.34. The van der Waals surface area contributed by atoms with Crippen LogP contribution < -0.4 is 14.9 Å². The first kappa shape index (κ1) is 16.4. The standard InChI is InChI=1S/C19H16N2O4S/c1-3-21-13-8-7-12(10-16(13)26-19(21)23)20-18(22)15-9-11-5-4-6-14(24-2)17(11)25-15/h4-10H,3H2,1-2H3,(H,20,22). The highest BCUT2D eigenvalue weighted by molar-refractivity contribution is 7.16. The lowest BCUT2D eigenvalue weighted by molar-refractivity contribution is 0.0998. The van der Waals surface area contributed by atoms with Crippen molar-refractivity contribution in [3.63, 3.8) is 0 Å². The minimum Gasteiger partial charge on any atom is -0.493 e. The van der Waals surface area contributed by atoms with E-state index in [0.717, 1.165) is 15.6 Å². The summed E-state index contributed by atoms with van der Waals surface area (Å²) in [6, 6.07) is 12.6. The summed E-state index contributed by atoms with van der Waals surface area (Å²) in [4.78, 5) is 24.5. The molecule has 2 aromatic heterocycles. The van der Waals surface area contributed by atoms with E-state index in [9.17, 15) is 9.59 Å². The van der Waals surface area contributed by atoms with E-state index in [1.807, 2.05) is 25.1 Å². The molecule has 0 spiro atoms. The van der Waals surface area contributed by atoms with Gasteiger partial charge in [0.25, 0.3) is 5.91 Å². The van der Waals surface area contributed by atoms with Crippen LogP contribution in [0.1, 0.15) is 17.5 Å². The number of ether oxygens (including phenoxy) is 1. The number of amides is 1. The fourth-order valence-corrected chi connectivity index (χ4v) is 3.94. The van der Waals surface area contributed by atoms with Gasteiger partial charge in [0.05, 0.1) is 17.3 Å². The number of aryl methyl sites for hydroxylation is 1. The van der Waals surface area contributed by atoms with Gasteiger partial charge < -0.3 is 14.5 Å². The van der Waals surface area contributed by atoms with Crippen molar-refractivity contribution in [3.05, 3.63) is 57.9 Å². The first-order valence-corrected chi connectivity index (χ1v) is 8.93. The third-order valence-corrected chi connectivity index (χ3v) is 5.14. The first-order valence-electron chi connectivity index (χ1n) is 8.12. The minimum atomic E-state index is -0.357. The number of furan rings is 1. The van der Waals surface area contributed by atoms with Crippen molar-refractivity contribution >= 4 is 44.1 Å². The van der Waals surface area contributed by atoms with Crippen molar-refractivity contribution in [1.29, 1.82) is 0 Å². The van der Waals surface area contributed by atoms with Gasteiger partial charge in [-0.15, -0.1) is 0 Å². The van der Waals surface area contributed by atoms with Gasteiger partial charge in [0, 0.05) is 17.6 Å². The van der Waals surface area contributed by atoms with Crippen LogP contribution in [0.3, 0.4) is 0 Å². The van der Waals surface area contributed by atoms with Crippen molar-refractivity contribution in [2.75, 3.05) is 12.4 Å². The van der Waals surface area contributed by atoms with Crippen LogP contribution in [0.15, 0.2) is 51.7 Å². The molecule has 0 fully saturated rings. The molecule has 2 heterocycles. The van der Waals surface area contributed by atoms with Gasteiger partial charge in [-0.1, -0.05) is 23.5 Å². The summed E-state index contributed by atoms with van der Waals surface area (Å²) in [7, 11) is 1.56. The summed E-state index contributed by atoms with van der Waals surface area (Å²) in [5.41, 5.74) is 2.02. The van der Waals surface area contributed by atoms with E-state index < -0.39 is 0 Å². The Labute approximate surface area is 152 Å². The molecular formula is C19H16N2O4S. The van der Waals surface area contributed by atoms with E-state index in [4.69, 9.17) is 9.15 Å². The molecule has 1 N–H and O–H groups in total. The molecule has 7 heteroatoms. The molecule has 4 aromatic rings. The van der Waals surface area contributed by atoms with Crippen LogP contribution in [0.25, 0.3) is 21.2 Å². The summed E-state index contributed by atoms with van der Waals surface area (Å²) in [5.74, 6) is 0.419. The zero-order valence-corrected chi connectivity index (χ0v) is 15.1. The van der Waals surface area contributed by atoms with E-state index in [1.165, 1.54) is 11.3 Å². The SMILES string of the molecule is CCn1c(=O)sc2cc(NC(=O)c3cc4cccc(OC)c4o3)ccc21. The zero-order valence-electron chi connectivity index (χ0n) is 14.2. The Morgan fingerprint density at radius 1 is 1.27 bits per heavy atom. The van der Waals surface area contributed by atoms with Crippen LogP contribution in [0.5, 0.6) is 5.75 Å². The number of benzene rings is 2. The van der Waals surface area contributed by atoms with Gasteiger partial charge >= 0.3 is 4.87 Å². The quantitative estimate of drug-likeness (QED) is 0.589. The number of thiazole rings is 1. The van der Waals surface area contributed by atoms with Gasteiger partial charge in [-0.2, -0.15) is 0 Å². The van der Waals surface area contributed by atoms with E-state index in [-0.39, 0.29) is 16.5 Å². The number of para-hydroxylation sites is 1.